The Morgan fingerprint density at radius 2 is 2.00 bits per heavy atom. The molecule has 3 N–H and O–H groups in total. The number of ether oxygens (including phenoxy) is 2. The molecule has 1 rings (SSSR count). The number of rotatable bonds is 9. The predicted octanol–water partition coefficient (Wildman–Crippen LogP) is 0.732. The molecule has 0 aromatic rings. The van der Waals surface area contributed by atoms with Crippen molar-refractivity contribution in [3.8, 4) is 0 Å². The van der Waals surface area contributed by atoms with Crippen LogP contribution in [0.15, 0.2) is 0 Å². The van der Waals surface area contributed by atoms with Crippen molar-refractivity contribution in [2.24, 2.45) is 5.73 Å². The van der Waals surface area contributed by atoms with Gasteiger partial charge >= 0.3 is 5.97 Å². The van der Waals surface area contributed by atoms with Crippen molar-refractivity contribution < 1.29 is 19.1 Å². The van der Waals surface area contributed by atoms with E-state index in [4.69, 9.17) is 10.5 Å². The SMILES string of the molecule is COC(=O)CCCCCCNC(=O)[C@@H]1CC[C@H](CN)O1. The van der Waals surface area contributed by atoms with Gasteiger partial charge in [-0.1, -0.05) is 12.8 Å². The quantitative estimate of drug-likeness (QED) is 0.482. The molecule has 0 radical (unpaired) electrons. The molecule has 0 saturated carbocycles. The molecule has 0 aromatic heterocycles. The number of unbranched alkanes of at least 4 members (excludes halogenated alkanes) is 3. The number of nitrogens with one attached hydrogen (secondary N) is 1. The molecule has 1 heterocycles. The van der Waals surface area contributed by atoms with Crippen molar-refractivity contribution in [2.45, 2.75) is 57.2 Å². The highest BCUT2D eigenvalue weighted by molar-refractivity contribution is 5.80. The van der Waals surface area contributed by atoms with Crippen LogP contribution in [0.5, 0.6) is 0 Å². The monoisotopic (exact) mass is 286 g/mol. The van der Waals surface area contributed by atoms with E-state index in [2.05, 4.69) is 10.1 Å². The summed E-state index contributed by atoms with van der Waals surface area (Å²) in [6.45, 7) is 1.13. The molecule has 1 aliphatic rings. The molecule has 0 bridgehead atoms. The van der Waals surface area contributed by atoms with E-state index < -0.39 is 0 Å². The number of methoxy groups -OCH3 is 1. The molecule has 0 aromatic carbocycles. The van der Waals surface area contributed by atoms with E-state index in [0.717, 1.165) is 38.5 Å². The third-order valence-corrected chi connectivity index (χ3v) is 3.50. The molecule has 6 nitrogen and oxygen atoms in total. The van der Waals surface area contributed by atoms with E-state index in [1.165, 1.54) is 7.11 Å². The summed E-state index contributed by atoms with van der Waals surface area (Å²) in [5, 5.41) is 2.88. The second-order valence-electron chi connectivity index (χ2n) is 5.09. The lowest BCUT2D eigenvalue weighted by atomic mass is 10.1. The number of esters is 1. The lowest BCUT2D eigenvalue weighted by molar-refractivity contribution is -0.140. The zero-order valence-corrected chi connectivity index (χ0v) is 12.2. The van der Waals surface area contributed by atoms with Gasteiger partial charge in [0.1, 0.15) is 6.10 Å². The first-order valence-corrected chi connectivity index (χ1v) is 7.37. The van der Waals surface area contributed by atoms with E-state index in [9.17, 15) is 9.59 Å². The summed E-state index contributed by atoms with van der Waals surface area (Å²) in [5.74, 6) is -0.193. The zero-order chi connectivity index (χ0) is 14.8. The number of carbonyl (C=O) groups is 2. The van der Waals surface area contributed by atoms with Crippen LogP contribution in [0.1, 0.15) is 44.9 Å². The van der Waals surface area contributed by atoms with Gasteiger partial charge in [-0.05, 0) is 25.7 Å². The van der Waals surface area contributed by atoms with Crippen molar-refractivity contribution in [1.29, 1.82) is 0 Å². The minimum Gasteiger partial charge on any atom is -0.469 e. The van der Waals surface area contributed by atoms with Gasteiger partial charge in [0.05, 0.1) is 13.2 Å². The third kappa shape index (κ3) is 6.34. The predicted molar refractivity (Wildman–Crippen MR) is 75.1 cm³/mol. The first-order chi connectivity index (χ1) is 9.67. The molecule has 0 aliphatic carbocycles. The van der Waals surface area contributed by atoms with Gasteiger partial charge in [-0.15, -0.1) is 0 Å². The number of hydrogen-bond acceptors (Lipinski definition) is 5. The summed E-state index contributed by atoms with van der Waals surface area (Å²) in [7, 11) is 1.40. The molecular formula is C14H26N2O4. The summed E-state index contributed by atoms with van der Waals surface area (Å²) in [6, 6.07) is 0. The fourth-order valence-electron chi connectivity index (χ4n) is 2.25. The molecule has 0 unspecified atom stereocenters. The smallest absolute Gasteiger partial charge is 0.305 e. The Bertz CT molecular complexity index is 310. The number of amides is 1. The molecule has 2 atom stereocenters. The molecule has 6 heteroatoms. The Labute approximate surface area is 120 Å². The molecule has 0 spiro atoms. The van der Waals surface area contributed by atoms with Gasteiger partial charge in [-0.3, -0.25) is 9.59 Å². The van der Waals surface area contributed by atoms with Gasteiger partial charge in [0.15, 0.2) is 0 Å². The lowest BCUT2D eigenvalue weighted by Crippen LogP contribution is -2.36. The second-order valence-corrected chi connectivity index (χ2v) is 5.09. The Morgan fingerprint density at radius 1 is 1.25 bits per heavy atom. The van der Waals surface area contributed by atoms with E-state index >= 15 is 0 Å². The van der Waals surface area contributed by atoms with Crippen LogP contribution < -0.4 is 11.1 Å². The van der Waals surface area contributed by atoms with Crippen molar-refractivity contribution in [2.75, 3.05) is 20.2 Å². The highest BCUT2D eigenvalue weighted by atomic mass is 16.5. The van der Waals surface area contributed by atoms with Crippen LogP contribution in [0, 0.1) is 0 Å². The number of nitrogens with two attached hydrogens (primary N) is 1. The van der Waals surface area contributed by atoms with Crippen LogP contribution in [-0.4, -0.2) is 44.3 Å². The maximum atomic E-state index is 11.8. The van der Waals surface area contributed by atoms with Gasteiger partial charge in [-0.2, -0.15) is 0 Å². The topological polar surface area (TPSA) is 90.7 Å². The minimum absolute atomic E-state index is 0.0315. The largest absolute Gasteiger partial charge is 0.469 e. The third-order valence-electron chi connectivity index (χ3n) is 3.50. The molecule has 1 saturated heterocycles. The highest BCUT2D eigenvalue weighted by Crippen LogP contribution is 2.18. The van der Waals surface area contributed by atoms with Crippen LogP contribution in [0.2, 0.25) is 0 Å². The van der Waals surface area contributed by atoms with Gasteiger partial charge in [0.2, 0.25) is 5.91 Å². The Kier molecular flexibility index (Phi) is 8.22. The molecule has 1 amide bonds. The van der Waals surface area contributed by atoms with Crippen LogP contribution in [0.4, 0.5) is 0 Å². The van der Waals surface area contributed by atoms with E-state index in [-0.39, 0.29) is 24.1 Å². The Hall–Kier alpha value is -1.14. The fraction of sp³-hybridized carbons (Fsp3) is 0.857. The number of carbonyl (C=O) groups excluding carboxylic acids is 2. The average molecular weight is 286 g/mol. The van der Waals surface area contributed by atoms with E-state index in [0.29, 0.717) is 19.5 Å². The molecule has 20 heavy (non-hydrogen) atoms. The van der Waals surface area contributed by atoms with Gasteiger partial charge in [0, 0.05) is 19.5 Å². The van der Waals surface area contributed by atoms with Crippen LogP contribution in [0.3, 0.4) is 0 Å². The first-order valence-electron chi connectivity index (χ1n) is 7.37. The van der Waals surface area contributed by atoms with Gasteiger partial charge in [-0.25, -0.2) is 0 Å². The summed E-state index contributed by atoms with van der Waals surface area (Å²) >= 11 is 0. The van der Waals surface area contributed by atoms with Crippen LogP contribution in [-0.2, 0) is 19.1 Å². The molecule has 1 fully saturated rings. The minimum atomic E-state index is -0.331. The van der Waals surface area contributed by atoms with Crippen molar-refractivity contribution >= 4 is 11.9 Å². The fourth-order valence-corrected chi connectivity index (χ4v) is 2.25. The Morgan fingerprint density at radius 3 is 2.65 bits per heavy atom. The second kappa shape index (κ2) is 9.72. The normalized spacial score (nSPS) is 21.7. The van der Waals surface area contributed by atoms with Gasteiger partial charge < -0.3 is 20.5 Å². The van der Waals surface area contributed by atoms with E-state index in [1.807, 2.05) is 0 Å². The lowest BCUT2D eigenvalue weighted by Gasteiger charge is -2.12. The molecule has 116 valence electrons. The van der Waals surface area contributed by atoms with Gasteiger partial charge in [0.25, 0.3) is 0 Å². The Balaban J connectivity index is 1.96. The van der Waals surface area contributed by atoms with Crippen molar-refractivity contribution in [3.05, 3.63) is 0 Å². The molecular weight excluding hydrogens is 260 g/mol. The van der Waals surface area contributed by atoms with Crippen LogP contribution in [0.25, 0.3) is 0 Å². The number of hydrogen-bond donors (Lipinski definition) is 2. The van der Waals surface area contributed by atoms with Crippen LogP contribution >= 0.6 is 0 Å². The standard InChI is InChI=1S/C14H26N2O4/c1-19-13(17)6-4-2-3-5-9-16-14(18)12-8-7-11(10-15)20-12/h11-12H,2-10,15H2,1H3,(H,16,18)/t11-,12+/m1/s1. The summed E-state index contributed by atoms with van der Waals surface area (Å²) in [4.78, 5) is 22.7. The summed E-state index contributed by atoms with van der Waals surface area (Å²) < 4.78 is 10.1. The van der Waals surface area contributed by atoms with E-state index in [1.54, 1.807) is 0 Å². The van der Waals surface area contributed by atoms with Crippen molar-refractivity contribution in [3.63, 3.8) is 0 Å². The summed E-state index contributed by atoms with van der Waals surface area (Å²) in [6.07, 6.45) is 5.51. The molecule has 1 aliphatic heterocycles. The summed E-state index contributed by atoms with van der Waals surface area (Å²) in [5.41, 5.74) is 5.51. The van der Waals surface area contributed by atoms with Crippen molar-refractivity contribution in [1.82, 2.24) is 5.32 Å². The average Bonchev–Trinajstić information content (AvgIpc) is 2.94. The highest BCUT2D eigenvalue weighted by Gasteiger charge is 2.29. The first kappa shape index (κ1) is 16.9. The zero-order valence-electron chi connectivity index (χ0n) is 12.2. The maximum absolute atomic E-state index is 11.8. The maximum Gasteiger partial charge on any atom is 0.305 e.